The number of alkyl halides is 4. The molecule has 152 valence electrons. The highest BCUT2D eigenvalue weighted by molar-refractivity contribution is 4.80. The third-order valence-electron chi connectivity index (χ3n) is 5.17. The summed E-state index contributed by atoms with van der Waals surface area (Å²) in [6.45, 7) is 9.82. The quantitative estimate of drug-likeness (QED) is 0.407. The smallest absolute Gasteiger partial charge is 0.358 e. The molecule has 0 amide bonds. The maximum Gasteiger partial charge on any atom is 0.358 e. The second kappa shape index (κ2) is 11.4. The van der Waals surface area contributed by atoms with Crippen molar-refractivity contribution in [2.24, 2.45) is 17.8 Å². The van der Waals surface area contributed by atoms with E-state index in [1.165, 1.54) is 6.92 Å². The molecule has 0 aromatic rings. The molecular formula is C19H36F4O2. The molecule has 1 N–H and O–H groups in total. The Hall–Kier alpha value is -0.360. The van der Waals surface area contributed by atoms with Gasteiger partial charge in [0.1, 0.15) is 0 Å². The van der Waals surface area contributed by atoms with E-state index in [0.29, 0.717) is 18.3 Å². The SMILES string of the molecule is CCCCC(C)C(C)CCC(C)C(F)(F)OC(C)C(F)C(F)C(C)O. The molecule has 2 nitrogen and oxygen atoms in total. The summed E-state index contributed by atoms with van der Waals surface area (Å²) in [5, 5.41) is 9.05. The van der Waals surface area contributed by atoms with Crippen LogP contribution in [0.5, 0.6) is 0 Å². The summed E-state index contributed by atoms with van der Waals surface area (Å²) in [7, 11) is 0. The van der Waals surface area contributed by atoms with Crippen LogP contribution in [-0.2, 0) is 4.74 Å². The lowest BCUT2D eigenvalue weighted by Gasteiger charge is -2.30. The van der Waals surface area contributed by atoms with Gasteiger partial charge in [-0.3, -0.25) is 0 Å². The maximum atomic E-state index is 14.2. The Morgan fingerprint density at radius 3 is 1.88 bits per heavy atom. The highest BCUT2D eigenvalue weighted by atomic mass is 19.3. The number of unbranched alkanes of at least 4 members (excludes halogenated alkanes) is 1. The van der Waals surface area contributed by atoms with Crippen LogP contribution in [0.3, 0.4) is 0 Å². The third-order valence-corrected chi connectivity index (χ3v) is 5.17. The van der Waals surface area contributed by atoms with E-state index in [-0.39, 0.29) is 6.42 Å². The van der Waals surface area contributed by atoms with Crippen LogP contribution in [0.1, 0.15) is 73.6 Å². The fraction of sp³-hybridized carbons (Fsp3) is 1.00. The summed E-state index contributed by atoms with van der Waals surface area (Å²) in [6, 6.07) is 0. The van der Waals surface area contributed by atoms with Gasteiger partial charge in [0.15, 0.2) is 12.3 Å². The number of ether oxygens (including phenoxy) is 1. The zero-order valence-electron chi connectivity index (χ0n) is 16.4. The summed E-state index contributed by atoms with van der Waals surface area (Å²) >= 11 is 0. The summed E-state index contributed by atoms with van der Waals surface area (Å²) in [4.78, 5) is 0. The zero-order chi connectivity index (χ0) is 19.8. The molecule has 0 spiro atoms. The highest BCUT2D eigenvalue weighted by Crippen LogP contribution is 2.34. The fourth-order valence-corrected chi connectivity index (χ4v) is 2.73. The Morgan fingerprint density at radius 2 is 1.40 bits per heavy atom. The molecule has 0 fully saturated rings. The molecule has 0 aliphatic heterocycles. The molecule has 0 heterocycles. The predicted octanol–water partition coefficient (Wildman–Crippen LogP) is 5.92. The molecule has 0 radical (unpaired) electrons. The van der Waals surface area contributed by atoms with E-state index in [9.17, 15) is 17.6 Å². The summed E-state index contributed by atoms with van der Waals surface area (Å²) < 4.78 is 60.1. The Morgan fingerprint density at radius 1 is 0.880 bits per heavy atom. The van der Waals surface area contributed by atoms with Crippen LogP contribution in [-0.4, -0.2) is 35.8 Å². The van der Waals surface area contributed by atoms with Crippen LogP contribution >= 0.6 is 0 Å². The van der Waals surface area contributed by atoms with Crippen molar-refractivity contribution in [3.8, 4) is 0 Å². The first-order valence-electron chi connectivity index (χ1n) is 9.45. The summed E-state index contributed by atoms with van der Waals surface area (Å²) in [5.74, 6) is -0.302. The maximum absolute atomic E-state index is 14.2. The van der Waals surface area contributed by atoms with Crippen LogP contribution in [0, 0.1) is 17.8 Å². The third kappa shape index (κ3) is 8.72. The van der Waals surface area contributed by atoms with Crippen LogP contribution in [0.25, 0.3) is 0 Å². The molecule has 0 saturated heterocycles. The minimum Gasteiger partial charge on any atom is -0.390 e. The van der Waals surface area contributed by atoms with Crippen LogP contribution < -0.4 is 0 Å². The van der Waals surface area contributed by atoms with Gasteiger partial charge >= 0.3 is 6.11 Å². The van der Waals surface area contributed by atoms with Crippen LogP contribution in [0.2, 0.25) is 0 Å². The molecule has 7 atom stereocenters. The lowest BCUT2D eigenvalue weighted by atomic mass is 9.85. The monoisotopic (exact) mass is 372 g/mol. The number of aliphatic hydroxyl groups excluding tert-OH is 1. The van der Waals surface area contributed by atoms with Crippen molar-refractivity contribution in [3.63, 3.8) is 0 Å². The first-order valence-corrected chi connectivity index (χ1v) is 9.45. The number of rotatable bonds is 13. The lowest BCUT2D eigenvalue weighted by Crippen LogP contribution is -2.43. The standard InChI is InChI=1S/C19H36F4O2/c1-7-8-9-12(2)13(3)10-11-14(4)19(22,23)25-16(6)18(21)17(20)15(5)24/h12-18,24H,7-11H2,1-6H3. The van der Waals surface area contributed by atoms with Crippen molar-refractivity contribution in [1.29, 1.82) is 0 Å². The van der Waals surface area contributed by atoms with Gasteiger partial charge in [-0.15, -0.1) is 0 Å². The normalized spacial score (nSPS) is 21.2. The van der Waals surface area contributed by atoms with Gasteiger partial charge in [0.25, 0.3) is 0 Å². The first-order chi connectivity index (χ1) is 11.4. The molecule has 0 aromatic carbocycles. The van der Waals surface area contributed by atoms with Gasteiger partial charge in [0.05, 0.1) is 12.2 Å². The number of halogens is 4. The minimum atomic E-state index is -3.53. The van der Waals surface area contributed by atoms with Gasteiger partial charge in [-0.25, -0.2) is 8.78 Å². The molecular weight excluding hydrogens is 336 g/mol. The van der Waals surface area contributed by atoms with E-state index in [1.807, 2.05) is 0 Å². The van der Waals surface area contributed by atoms with Crippen molar-refractivity contribution in [1.82, 2.24) is 0 Å². The minimum absolute atomic E-state index is 0.254. The predicted molar refractivity (Wildman–Crippen MR) is 93.2 cm³/mol. The second-order valence-corrected chi connectivity index (χ2v) is 7.59. The van der Waals surface area contributed by atoms with E-state index in [4.69, 9.17) is 5.11 Å². The van der Waals surface area contributed by atoms with Gasteiger partial charge in [0, 0.05) is 5.92 Å². The Kier molecular flexibility index (Phi) is 11.2. The molecule has 6 heteroatoms. The summed E-state index contributed by atoms with van der Waals surface area (Å²) in [5.41, 5.74) is 0. The Balaban J connectivity index is 4.50. The van der Waals surface area contributed by atoms with Gasteiger partial charge in [-0.05, 0) is 38.5 Å². The number of hydrogen-bond donors (Lipinski definition) is 1. The first kappa shape index (κ1) is 24.6. The molecule has 7 unspecified atom stereocenters. The van der Waals surface area contributed by atoms with E-state index in [2.05, 4.69) is 25.5 Å². The molecule has 0 aliphatic rings. The van der Waals surface area contributed by atoms with Gasteiger partial charge in [-0.2, -0.15) is 8.78 Å². The van der Waals surface area contributed by atoms with Crippen molar-refractivity contribution < 1.29 is 27.4 Å². The highest BCUT2D eigenvalue weighted by Gasteiger charge is 2.43. The van der Waals surface area contributed by atoms with Gasteiger partial charge in [0.2, 0.25) is 0 Å². The molecule has 0 rings (SSSR count). The van der Waals surface area contributed by atoms with Gasteiger partial charge < -0.3 is 9.84 Å². The molecule has 0 aliphatic carbocycles. The van der Waals surface area contributed by atoms with Crippen molar-refractivity contribution in [3.05, 3.63) is 0 Å². The van der Waals surface area contributed by atoms with E-state index < -0.39 is 36.6 Å². The topological polar surface area (TPSA) is 29.5 Å². The Labute approximate surface area is 150 Å². The Bertz CT molecular complexity index is 352. The van der Waals surface area contributed by atoms with Crippen LogP contribution in [0.4, 0.5) is 17.6 Å². The number of aliphatic hydroxyl groups is 1. The average Bonchev–Trinajstić information content (AvgIpc) is 2.54. The zero-order valence-corrected chi connectivity index (χ0v) is 16.4. The van der Waals surface area contributed by atoms with E-state index in [1.54, 1.807) is 0 Å². The fourth-order valence-electron chi connectivity index (χ4n) is 2.73. The van der Waals surface area contributed by atoms with Crippen molar-refractivity contribution in [2.45, 2.75) is 104 Å². The van der Waals surface area contributed by atoms with Crippen molar-refractivity contribution in [2.75, 3.05) is 0 Å². The molecule has 0 bridgehead atoms. The molecule has 25 heavy (non-hydrogen) atoms. The average molecular weight is 372 g/mol. The van der Waals surface area contributed by atoms with Gasteiger partial charge in [-0.1, -0.05) is 47.0 Å². The van der Waals surface area contributed by atoms with Crippen LogP contribution in [0.15, 0.2) is 0 Å². The molecule has 0 aromatic heterocycles. The summed E-state index contributed by atoms with van der Waals surface area (Å²) in [6.07, 6.45) is -7.08. The van der Waals surface area contributed by atoms with E-state index >= 15 is 0 Å². The second-order valence-electron chi connectivity index (χ2n) is 7.59. The van der Waals surface area contributed by atoms with E-state index in [0.717, 1.165) is 33.1 Å². The number of hydrogen-bond acceptors (Lipinski definition) is 2. The largest absolute Gasteiger partial charge is 0.390 e. The molecule has 0 saturated carbocycles. The van der Waals surface area contributed by atoms with Crippen molar-refractivity contribution >= 4 is 0 Å². The lowest BCUT2D eigenvalue weighted by molar-refractivity contribution is -0.299.